The third-order valence-electron chi connectivity index (χ3n) is 3.95. The Kier molecular flexibility index (Phi) is 5.95. The van der Waals surface area contributed by atoms with Crippen LogP contribution < -0.4 is 10.6 Å². The van der Waals surface area contributed by atoms with Crippen molar-refractivity contribution in [2.24, 2.45) is 5.92 Å². The number of nitrogens with zero attached hydrogens (tertiary/aromatic N) is 1. The molecule has 5 heteroatoms. The van der Waals surface area contributed by atoms with Crippen LogP contribution in [0.5, 0.6) is 0 Å². The lowest BCUT2D eigenvalue weighted by molar-refractivity contribution is -0.117. The van der Waals surface area contributed by atoms with Crippen molar-refractivity contribution in [3.05, 3.63) is 29.8 Å². The molecule has 22 heavy (non-hydrogen) atoms. The zero-order valence-corrected chi connectivity index (χ0v) is 13.4. The van der Waals surface area contributed by atoms with Crippen molar-refractivity contribution in [2.75, 3.05) is 31.5 Å². The molecule has 1 aromatic rings. The Labute approximate surface area is 132 Å². The monoisotopic (exact) mass is 303 g/mol. The fourth-order valence-electron chi connectivity index (χ4n) is 2.30. The second kappa shape index (κ2) is 7.94. The highest BCUT2D eigenvalue weighted by molar-refractivity contribution is 5.98. The number of amides is 2. The van der Waals surface area contributed by atoms with Crippen molar-refractivity contribution in [2.45, 2.75) is 26.7 Å². The molecule has 2 N–H and O–H groups in total. The van der Waals surface area contributed by atoms with E-state index in [4.69, 9.17) is 0 Å². The summed E-state index contributed by atoms with van der Waals surface area (Å²) >= 11 is 0. The van der Waals surface area contributed by atoms with Gasteiger partial charge in [0.15, 0.2) is 0 Å². The van der Waals surface area contributed by atoms with E-state index in [1.807, 2.05) is 6.07 Å². The number of hydrogen-bond acceptors (Lipinski definition) is 3. The molecule has 1 aromatic carbocycles. The van der Waals surface area contributed by atoms with Crippen molar-refractivity contribution in [1.82, 2.24) is 10.2 Å². The Balaban J connectivity index is 1.85. The van der Waals surface area contributed by atoms with Crippen molar-refractivity contribution in [3.8, 4) is 0 Å². The predicted molar refractivity (Wildman–Crippen MR) is 87.9 cm³/mol. The Bertz CT molecular complexity index is 522. The van der Waals surface area contributed by atoms with Gasteiger partial charge in [0.05, 0.1) is 0 Å². The number of anilines is 1. The summed E-state index contributed by atoms with van der Waals surface area (Å²) in [7, 11) is 0. The summed E-state index contributed by atoms with van der Waals surface area (Å²) in [6.07, 6.45) is 1.94. The predicted octanol–water partition coefficient (Wildman–Crippen LogP) is 2.11. The number of carbonyl (C=O) groups is 2. The second-order valence-corrected chi connectivity index (χ2v) is 5.63. The normalized spacial score (nSPS) is 14.0. The first-order valence-electron chi connectivity index (χ1n) is 8.05. The number of rotatable bonds is 8. The molecule has 0 saturated heterocycles. The van der Waals surface area contributed by atoms with E-state index in [9.17, 15) is 9.59 Å². The summed E-state index contributed by atoms with van der Waals surface area (Å²) in [5.74, 6) is 0.111. The van der Waals surface area contributed by atoms with Crippen LogP contribution >= 0.6 is 0 Å². The van der Waals surface area contributed by atoms with Gasteiger partial charge in [0.25, 0.3) is 5.91 Å². The summed E-state index contributed by atoms with van der Waals surface area (Å²) < 4.78 is 0. The Morgan fingerprint density at radius 1 is 1.23 bits per heavy atom. The average Bonchev–Trinajstić information content (AvgIpc) is 3.36. The molecule has 0 spiro atoms. The van der Waals surface area contributed by atoms with E-state index < -0.39 is 0 Å². The largest absolute Gasteiger partial charge is 0.351 e. The van der Waals surface area contributed by atoms with Gasteiger partial charge in [-0.2, -0.15) is 0 Å². The average molecular weight is 303 g/mol. The molecule has 1 saturated carbocycles. The third-order valence-corrected chi connectivity index (χ3v) is 3.95. The van der Waals surface area contributed by atoms with Gasteiger partial charge in [0.1, 0.15) is 0 Å². The van der Waals surface area contributed by atoms with Gasteiger partial charge in [-0.25, -0.2) is 0 Å². The van der Waals surface area contributed by atoms with Gasteiger partial charge in [0.2, 0.25) is 5.91 Å². The van der Waals surface area contributed by atoms with Crippen molar-refractivity contribution >= 4 is 17.5 Å². The van der Waals surface area contributed by atoms with E-state index in [2.05, 4.69) is 29.4 Å². The van der Waals surface area contributed by atoms with Crippen LogP contribution in [0.1, 0.15) is 37.0 Å². The maximum atomic E-state index is 12.1. The van der Waals surface area contributed by atoms with E-state index in [1.54, 1.807) is 18.2 Å². The lowest BCUT2D eigenvalue weighted by atomic mass is 10.2. The zero-order valence-electron chi connectivity index (χ0n) is 13.4. The van der Waals surface area contributed by atoms with Crippen LogP contribution in [-0.2, 0) is 4.79 Å². The molecular weight excluding hydrogens is 278 g/mol. The third kappa shape index (κ3) is 4.84. The van der Waals surface area contributed by atoms with Crippen molar-refractivity contribution < 1.29 is 9.59 Å². The highest BCUT2D eigenvalue weighted by atomic mass is 16.2. The van der Waals surface area contributed by atoms with Crippen LogP contribution in [0, 0.1) is 5.92 Å². The van der Waals surface area contributed by atoms with E-state index in [1.165, 1.54) is 0 Å². The lowest BCUT2D eigenvalue weighted by Gasteiger charge is -2.18. The fraction of sp³-hybridized carbons (Fsp3) is 0.529. The molecule has 1 aliphatic rings. The number of benzene rings is 1. The SMILES string of the molecule is CCN(CC)CCNC(=O)c1cccc(NC(=O)C2CC2)c1. The molecule has 0 aromatic heterocycles. The van der Waals surface area contributed by atoms with Crippen molar-refractivity contribution in [1.29, 1.82) is 0 Å². The van der Waals surface area contributed by atoms with Crippen molar-refractivity contribution in [3.63, 3.8) is 0 Å². The molecule has 5 nitrogen and oxygen atoms in total. The van der Waals surface area contributed by atoms with E-state index in [0.717, 1.165) is 32.5 Å². The Hall–Kier alpha value is -1.88. The molecular formula is C17H25N3O2. The summed E-state index contributed by atoms with van der Waals surface area (Å²) in [6.45, 7) is 7.65. The molecule has 2 rings (SSSR count). The molecule has 0 unspecified atom stereocenters. The topological polar surface area (TPSA) is 61.4 Å². The highest BCUT2D eigenvalue weighted by Crippen LogP contribution is 2.30. The summed E-state index contributed by atoms with van der Waals surface area (Å²) in [5.41, 5.74) is 1.27. The first kappa shape index (κ1) is 16.5. The molecule has 0 bridgehead atoms. The summed E-state index contributed by atoms with van der Waals surface area (Å²) in [6, 6.07) is 7.10. The quantitative estimate of drug-likeness (QED) is 0.773. The molecule has 0 aliphatic heterocycles. The van der Waals surface area contributed by atoms with E-state index in [-0.39, 0.29) is 17.7 Å². The molecule has 0 radical (unpaired) electrons. The molecule has 0 atom stereocenters. The summed E-state index contributed by atoms with van der Waals surface area (Å²) in [4.78, 5) is 26.2. The Morgan fingerprint density at radius 2 is 1.95 bits per heavy atom. The first-order valence-corrected chi connectivity index (χ1v) is 8.05. The summed E-state index contributed by atoms with van der Waals surface area (Å²) in [5, 5.41) is 5.78. The fourth-order valence-corrected chi connectivity index (χ4v) is 2.30. The number of hydrogen-bond donors (Lipinski definition) is 2. The van der Waals surface area contributed by atoms with Crippen LogP contribution in [0.2, 0.25) is 0 Å². The van der Waals surface area contributed by atoms with Gasteiger partial charge >= 0.3 is 0 Å². The zero-order chi connectivity index (χ0) is 15.9. The smallest absolute Gasteiger partial charge is 0.251 e. The van der Waals surface area contributed by atoms with Gasteiger partial charge in [-0.05, 0) is 44.1 Å². The standard InChI is InChI=1S/C17H25N3O2/c1-3-20(4-2)11-10-18-16(21)14-6-5-7-15(12-14)19-17(22)13-8-9-13/h5-7,12-13H,3-4,8-11H2,1-2H3,(H,18,21)(H,19,22). The highest BCUT2D eigenvalue weighted by Gasteiger charge is 2.29. The minimum absolute atomic E-state index is 0.0547. The first-order chi connectivity index (χ1) is 10.6. The molecule has 0 heterocycles. The number of carbonyl (C=O) groups excluding carboxylic acids is 2. The van der Waals surface area contributed by atoms with Crippen LogP contribution in [0.4, 0.5) is 5.69 Å². The molecule has 1 fully saturated rings. The van der Waals surface area contributed by atoms with Crippen LogP contribution in [0.3, 0.4) is 0 Å². The van der Waals surface area contributed by atoms with Crippen LogP contribution in [0.15, 0.2) is 24.3 Å². The van der Waals surface area contributed by atoms with Gasteiger partial charge in [-0.3, -0.25) is 9.59 Å². The van der Waals surface area contributed by atoms with Crippen LogP contribution in [0.25, 0.3) is 0 Å². The molecule has 2 amide bonds. The van der Waals surface area contributed by atoms with Gasteiger partial charge in [-0.1, -0.05) is 19.9 Å². The lowest BCUT2D eigenvalue weighted by Crippen LogP contribution is -2.34. The van der Waals surface area contributed by atoms with Gasteiger partial charge in [-0.15, -0.1) is 0 Å². The Morgan fingerprint density at radius 3 is 2.59 bits per heavy atom. The van der Waals surface area contributed by atoms with E-state index in [0.29, 0.717) is 17.8 Å². The van der Waals surface area contributed by atoms with Gasteiger partial charge < -0.3 is 15.5 Å². The maximum Gasteiger partial charge on any atom is 0.251 e. The van der Waals surface area contributed by atoms with Crippen LogP contribution in [-0.4, -0.2) is 42.9 Å². The minimum atomic E-state index is -0.102. The minimum Gasteiger partial charge on any atom is -0.351 e. The second-order valence-electron chi connectivity index (χ2n) is 5.63. The number of likely N-dealkylation sites (N-methyl/N-ethyl adjacent to an activating group) is 1. The van der Waals surface area contributed by atoms with E-state index >= 15 is 0 Å². The van der Waals surface area contributed by atoms with Gasteiger partial charge in [0, 0.05) is 30.3 Å². The molecule has 1 aliphatic carbocycles. The maximum absolute atomic E-state index is 12.1. The number of nitrogens with one attached hydrogen (secondary N) is 2. The molecule has 120 valence electrons.